The number of hydrogen-bond acceptors (Lipinski definition) is 11. The Hall–Kier alpha value is -6.11. The molecule has 0 spiro atoms. The predicted molar refractivity (Wildman–Crippen MR) is 199 cm³/mol. The van der Waals surface area contributed by atoms with Crippen LogP contribution in [0.2, 0.25) is 0 Å². The van der Waals surface area contributed by atoms with E-state index in [1.165, 1.54) is 0 Å². The molecule has 13 nitrogen and oxygen atoms in total. The minimum absolute atomic E-state index is 0.0164. The van der Waals surface area contributed by atoms with Crippen molar-refractivity contribution < 1.29 is 33.0 Å². The van der Waals surface area contributed by atoms with Crippen molar-refractivity contribution in [2.45, 2.75) is 54.7 Å². The number of pyridine rings is 1. The van der Waals surface area contributed by atoms with Crippen molar-refractivity contribution >= 4 is 28.5 Å². The van der Waals surface area contributed by atoms with Crippen LogP contribution in [0.25, 0.3) is 16.7 Å². The number of rotatable bonds is 14. The van der Waals surface area contributed by atoms with Gasteiger partial charge in [-0.1, -0.05) is 44.2 Å². The van der Waals surface area contributed by atoms with Crippen LogP contribution >= 0.6 is 0 Å². The highest BCUT2D eigenvalue weighted by molar-refractivity contribution is 6.10. The zero-order valence-corrected chi connectivity index (χ0v) is 30.9. The van der Waals surface area contributed by atoms with Gasteiger partial charge in [0, 0.05) is 42.0 Å². The number of carbonyl (C=O) groups excluding carboxylic acids is 2. The van der Waals surface area contributed by atoms with Crippen LogP contribution in [0.1, 0.15) is 78.2 Å². The molecule has 0 fully saturated rings. The monoisotopic (exact) mass is 710 g/mol. The molecule has 13 heteroatoms. The number of ether oxygens (including phenoxy) is 4. The summed E-state index contributed by atoms with van der Waals surface area (Å²) in [6, 6.07) is 16.7. The van der Waals surface area contributed by atoms with Gasteiger partial charge in [0.05, 0.1) is 43.8 Å². The summed E-state index contributed by atoms with van der Waals surface area (Å²) in [5, 5.41) is 3.56. The second-order valence-corrected chi connectivity index (χ2v) is 11.1. The number of aromatic nitrogens is 3. The number of fused-ring (bicyclic) bond motifs is 1. The molecule has 5 rings (SSSR count). The normalized spacial score (nSPS) is 11.7. The Balaban J connectivity index is 0.00000297. The highest BCUT2D eigenvalue weighted by atomic mass is 16.5. The van der Waals surface area contributed by atoms with Crippen molar-refractivity contribution in [3.8, 4) is 17.3 Å². The van der Waals surface area contributed by atoms with E-state index in [1.807, 2.05) is 64.1 Å². The van der Waals surface area contributed by atoms with E-state index < -0.39 is 5.97 Å². The third-order valence-corrected chi connectivity index (χ3v) is 7.62. The second-order valence-electron chi connectivity index (χ2n) is 11.1. The minimum Gasteiger partial charge on any atom is -0.497 e. The Morgan fingerprint density at radius 3 is 2.42 bits per heavy atom. The number of benzene rings is 2. The molecule has 1 amide bonds. The molecule has 0 radical (unpaired) electrons. The lowest BCUT2D eigenvalue weighted by Crippen LogP contribution is -2.23. The van der Waals surface area contributed by atoms with Gasteiger partial charge < -0.3 is 34.4 Å². The number of allylic oxidation sites excluding steroid dienone is 2. The molecule has 3 aromatic heterocycles. The molecule has 274 valence electrons. The Kier molecular flexibility index (Phi) is 13.6. The van der Waals surface area contributed by atoms with Gasteiger partial charge in [-0.05, 0) is 51.5 Å². The number of esters is 1. The zero-order chi connectivity index (χ0) is 37.8. The molecule has 0 bridgehead atoms. The summed E-state index contributed by atoms with van der Waals surface area (Å²) in [5.41, 5.74) is 10.1. The van der Waals surface area contributed by atoms with Gasteiger partial charge >= 0.3 is 5.97 Å². The largest absolute Gasteiger partial charge is 0.497 e. The number of aryl methyl sites for hydroxylation is 1. The van der Waals surface area contributed by atoms with Gasteiger partial charge in [-0.25, -0.2) is 4.79 Å². The molecule has 0 aliphatic carbocycles. The van der Waals surface area contributed by atoms with Crippen LogP contribution in [-0.2, 0) is 22.6 Å². The topological polar surface area (TPSA) is 165 Å². The fraction of sp³-hybridized carbons (Fsp3) is 0.308. The average molecular weight is 711 g/mol. The Morgan fingerprint density at radius 2 is 1.77 bits per heavy atom. The molecule has 0 saturated carbocycles. The fourth-order valence-corrected chi connectivity index (χ4v) is 5.25. The average Bonchev–Trinajstić information content (AvgIpc) is 3.76. The van der Waals surface area contributed by atoms with E-state index in [1.54, 1.807) is 63.2 Å². The molecular weight excluding hydrogens is 664 g/mol. The molecule has 0 saturated heterocycles. The highest BCUT2D eigenvalue weighted by Gasteiger charge is 2.30. The number of nitrogens with zero attached hydrogens (tertiary/aromatic N) is 4. The van der Waals surface area contributed by atoms with Crippen molar-refractivity contribution in [1.29, 1.82) is 0 Å². The van der Waals surface area contributed by atoms with Gasteiger partial charge in [0.25, 0.3) is 17.6 Å². The van der Waals surface area contributed by atoms with Crippen LogP contribution in [0.5, 0.6) is 11.5 Å². The van der Waals surface area contributed by atoms with Gasteiger partial charge in [-0.15, -0.1) is 0 Å². The van der Waals surface area contributed by atoms with Gasteiger partial charge in [-0.2, -0.15) is 4.98 Å². The Bertz CT molecular complexity index is 2060. The van der Waals surface area contributed by atoms with Crippen LogP contribution in [-0.4, -0.2) is 59.5 Å². The molecule has 2 aromatic carbocycles. The smallest absolute Gasteiger partial charge is 0.378 e. The van der Waals surface area contributed by atoms with E-state index in [0.717, 1.165) is 11.1 Å². The van der Waals surface area contributed by atoms with E-state index in [9.17, 15) is 9.59 Å². The first kappa shape index (κ1) is 38.7. The summed E-state index contributed by atoms with van der Waals surface area (Å²) >= 11 is 0. The fourth-order valence-electron chi connectivity index (χ4n) is 5.25. The van der Waals surface area contributed by atoms with Crippen LogP contribution in [0.15, 0.2) is 87.9 Å². The molecule has 3 N–H and O–H groups in total. The molecule has 0 unspecified atom stereocenters. The summed E-state index contributed by atoms with van der Waals surface area (Å²) < 4.78 is 30.0. The molecule has 0 aliphatic heterocycles. The van der Waals surface area contributed by atoms with Crippen molar-refractivity contribution in [1.82, 2.24) is 19.9 Å². The molecule has 0 atom stereocenters. The van der Waals surface area contributed by atoms with E-state index in [4.69, 9.17) is 34.1 Å². The first-order valence-electron chi connectivity index (χ1n) is 17.0. The van der Waals surface area contributed by atoms with Crippen molar-refractivity contribution in [2.24, 2.45) is 10.7 Å². The summed E-state index contributed by atoms with van der Waals surface area (Å²) in [7, 11) is 3.12. The quantitative estimate of drug-likeness (QED) is 0.0721. The lowest BCUT2D eigenvalue weighted by atomic mass is 10.1. The predicted octanol–water partition coefficient (Wildman–Crippen LogP) is 6.69. The second kappa shape index (κ2) is 18.2. The van der Waals surface area contributed by atoms with E-state index >= 15 is 0 Å². The number of hydrogen-bond donors (Lipinski definition) is 2. The number of carbonyl (C=O) groups is 2. The maximum atomic E-state index is 13.8. The zero-order valence-electron chi connectivity index (χ0n) is 30.9. The Labute approximate surface area is 303 Å². The van der Waals surface area contributed by atoms with E-state index in [2.05, 4.69) is 15.3 Å². The molecule has 5 aromatic rings. The summed E-state index contributed by atoms with van der Waals surface area (Å²) in [4.78, 5) is 40.9. The summed E-state index contributed by atoms with van der Waals surface area (Å²) in [5.74, 6) is 0.189. The van der Waals surface area contributed by atoms with Gasteiger partial charge in [0.2, 0.25) is 0 Å². The number of nitrogens with two attached hydrogens (primary N) is 1. The highest BCUT2D eigenvalue weighted by Crippen LogP contribution is 2.30. The maximum Gasteiger partial charge on any atom is 0.378 e. The van der Waals surface area contributed by atoms with Crippen LogP contribution in [0.4, 0.5) is 0 Å². The van der Waals surface area contributed by atoms with Gasteiger partial charge in [-0.3, -0.25) is 19.3 Å². The van der Waals surface area contributed by atoms with E-state index in [0.29, 0.717) is 45.9 Å². The minimum atomic E-state index is -0.753. The maximum absolute atomic E-state index is 13.8. The van der Waals surface area contributed by atoms with Crippen molar-refractivity contribution in [2.75, 3.05) is 27.4 Å². The third kappa shape index (κ3) is 8.78. The number of aliphatic imine (C=N–C) groups is 1. The first-order valence-corrected chi connectivity index (χ1v) is 17.0. The van der Waals surface area contributed by atoms with Crippen LogP contribution in [0, 0.1) is 6.92 Å². The van der Waals surface area contributed by atoms with Gasteiger partial charge in [0.15, 0.2) is 17.3 Å². The summed E-state index contributed by atoms with van der Waals surface area (Å²) in [6.07, 6.45) is 3.20. The lowest BCUT2D eigenvalue weighted by Gasteiger charge is -2.13. The molecule has 3 heterocycles. The number of amides is 1. The number of oxazole rings is 1. The van der Waals surface area contributed by atoms with Crippen molar-refractivity contribution in [3.63, 3.8) is 0 Å². The van der Waals surface area contributed by atoms with Gasteiger partial charge in [0.1, 0.15) is 18.1 Å². The Morgan fingerprint density at radius 1 is 1.02 bits per heavy atom. The molecular formula is C39H46N6O7. The standard InChI is InChI=1S/C37H40N6O7.C2H6/c1-7-39-31(32(23(4)38)49-21-24-12-10-9-11-13-24)36-42-34(33(50-36)37(45)48-8-2)43-20-28(27-16-22(3)40-19-29(27)43)35(44)41-18-25-14-15-26(46-5)17-30(25)47-6;1-2/h9-17,19-20H,7-8,18,21,38H2,1-6H3,(H,41,44);1-2H3/b32-23+,39-31?;. The van der Waals surface area contributed by atoms with E-state index in [-0.39, 0.29) is 54.6 Å². The van der Waals surface area contributed by atoms with Crippen molar-refractivity contribution in [3.05, 3.63) is 112 Å². The van der Waals surface area contributed by atoms with Crippen LogP contribution < -0.4 is 20.5 Å². The number of nitrogens with one attached hydrogen (secondary N) is 1. The number of methoxy groups -OCH3 is 2. The SMILES string of the molecule is CC.CCN=C(/C(OCc1ccccc1)=C(/C)N)c1nc(-n2cc(C(=O)NCc3ccc(OC)cc3OC)c3cc(C)ncc32)c(C(=O)OCC)o1. The summed E-state index contributed by atoms with van der Waals surface area (Å²) in [6.45, 7) is 11.9. The van der Waals surface area contributed by atoms with Crippen LogP contribution in [0.3, 0.4) is 0 Å². The molecule has 52 heavy (non-hydrogen) atoms. The first-order chi connectivity index (χ1) is 25.2. The lowest BCUT2D eigenvalue weighted by molar-refractivity contribution is 0.0489. The molecule has 0 aliphatic rings. The third-order valence-electron chi connectivity index (χ3n) is 7.62.